The van der Waals surface area contributed by atoms with Crippen molar-refractivity contribution >= 4 is 26.0 Å². The van der Waals surface area contributed by atoms with Gasteiger partial charge in [0, 0.05) is 30.7 Å². The highest BCUT2D eigenvalue weighted by molar-refractivity contribution is 9.10. The molecule has 0 aliphatic carbocycles. The van der Waals surface area contributed by atoms with Gasteiger partial charge in [0.2, 0.25) is 10.0 Å². The Morgan fingerprint density at radius 1 is 1.48 bits per heavy atom. The Morgan fingerprint density at radius 2 is 2.19 bits per heavy atom. The highest BCUT2D eigenvalue weighted by Crippen LogP contribution is 2.28. The van der Waals surface area contributed by atoms with Crippen molar-refractivity contribution in [2.75, 3.05) is 27.2 Å². The minimum absolute atomic E-state index is 0.0230. The number of hydrogen-bond donors (Lipinski definition) is 1. The molecule has 0 radical (unpaired) electrons. The number of likely N-dealkylation sites (N-methyl/N-ethyl adjacent to an activating group) is 2. The predicted molar refractivity (Wildman–Crippen MR) is 87.5 cm³/mol. The molecule has 1 aromatic carbocycles. The average Bonchev–Trinajstić information content (AvgIpc) is 2.45. The Bertz CT molecular complexity index is 606. The molecule has 0 bridgehead atoms. The lowest BCUT2D eigenvalue weighted by Crippen LogP contribution is -2.47. The van der Waals surface area contributed by atoms with E-state index in [1.165, 1.54) is 4.31 Å². The van der Waals surface area contributed by atoms with Crippen molar-refractivity contribution in [3.05, 3.63) is 28.2 Å². The molecule has 1 heterocycles. The highest BCUT2D eigenvalue weighted by atomic mass is 79.9. The van der Waals surface area contributed by atoms with Crippen molar-refractivity contribution in [3.8, 4) is 0 Å². The minimum atomic E-state index is -3.50. The van der Waals surface area contributed by atoms with Gasteiger partial charge in [-0.1, -0.05) is 6.07 Å². The normalized spacial score (nSPS) is 20.9. The van der Waals surface area contributed by atoms with E-state index in [1.807, 2.05) is 7.05 Å². The lowest BCUT2D eigenvalue weighted by atomic mass is 10.1. The van der Waals surface area contributed by atoms with Gasteiger partial charge >= 0.3 is 0 Å². The van der Waals surface area contributed by atoms with Crippen LogP contribution in [0.1, 0.15) is 18.4 Å². The first-order valence-corrected chi connectivity index (χ1v) is 9.24. The molecule has 1 aliphatic rings. The monoisotopic (exact) mass is 375 g/mol. The van der Waals surface area contributed by atoms with E-state index < -0.39 is 10.0 Å². The second-order valence-electron chi connectivity index (χ2n) is 5.55. The van der Waals surface area contributed by atoms with Crippen molar-refractivity contribution in [3.63, 3.8) is 0 Å². The second-order valence-corrected chi connectivity index (χ2v) is 8.37. The van der Waals surface area contributed by atoms with Gasteiger partial charge in [-0.15, -0.1) is 0 Å². The molecule has 1 unspecified atom stereocenters. The van der Waals surface area contributed by atoms with Crippen LogP contribution in [-0.2, 0) is 16.6 Å². The van der Waals surface area contributed by atoms with Gasteiger partial charge in [0.25, 0.3) is 0 Å². The fourth-order valence-electron chi connectivity index (χ4n) is 2.67. The lowest BCUT2D eigenvalue weighted by Gasteiger charge is -2.35. The number of benzene rings is 1. The maximum atomic E-state index is 12.8. The summed E-state index contributed by atoms with van der Waals surface area (Å²) in [6.07, 6.45) is 1.92. The number of piperidine rings is 1. The van der Waals surface area contributed by atoms with Crippen LogP contribution in [-0.4, -0.2) is 50.8 Å². The third-order valence-corrected chi connectivity index (χ3v) is 6.89. The summed E-state index contributed by atoms with van der Waals surface area (Å²) in [5.41, 5.74) is 6.49. The maximum absolute atomic E-state index is 12.8. The Balaban J connectivity index is 2.28. The van der Waals surface area contributed by atoms with Crippen LogP contribution in [0.5, 0.6) is 0 Å². The van der Waals surface area contributed by atoms with Gasteiger partial charge < -0.3 is 10.6 Å². The van der Waals surface area contributed by atoms with Gasteiger partial charge in [0.05, 0.1) is 4.90 Å². The summed E-state index contributed by atoms with van der Waals surface area (Å²) in [6, 6.07) is 5.19. The van der Waals surface area contributed by atoms with E-state index in [-0.39, 0.29) is 6.04 Å². The average molecular weight is 376 g/mol. The zero-order chi connectivity index (χ0) is 15.6. The van der Waals surface area contributed by atoms with Gasteiger partial charge in [0.1, 0.15) is 0 Å². The van der Waals surface area contributed by atoms with Crippen LogP contribution < -0.4 is 5.73 Å². The SMILES string of the molecule is CN1CCCC(N(C)S(=O)(=O)c2ccc(CN)cc2Br)C1. The quantitative estimate of drug-likeness (QED) is 0.867. The summed E-state index contributed by atoms with van der Waals surface area (Å²) in [7, 11) is 0.197. The third-order valence-electron chi connectivity index (χ3n) is 4.00. The number of sulfonamides is 1. The first-order chi connectivity index (χ1) is 9.86. The third kappa shape index (κ3) is 3.65. The van der Waals surface area contributed by atoms with Crippen molar-refractivity contribution in [1.29, 1.82) is 0 Å². The highest BCUT2D eigenvalue weighted by Gasteiger charge is 2.31. The molecule has 1 fully saturated rings. The van der Waals surface area contributed by atoms with Crippen LogP contribution in [0.4, 0.5) is 0 Å². The molecule has 21 heavy (non-hydrogen) atoms. The van der Waals surface area contributed by atoms with Crippen molar-refractivity contribution < 1.29 is 8.42 Å². The molecule has 1 aliphatic heterocycles. The molecule has 2 rings (SSSR count). The largest absolute Gasteiger partial charge is 0.326 e. The van der Waals surface area contributed by atoms with Crippen LogP contribution in [0, 0.1) is 0 Å². The van der Waals surface area contributed by atoms with Crippen LogP contribution in [0.2, 0.25) is 0 Å². The number of hydrogen-bond acceptors (Lipinski definition) is 4. The standard InChI is InChI=1S/C14H22BrN3O2S/c1-17-7-3-4-12(10-17)18(2)21(19,20)14-6-5-11(9-16)8-13(14)15/h5-6,8,12H,3-4,7,9-10,16H2,1-2H3. The summed E-state index contributed by atoms with van der Waals surface area (Å²) >= 11 is 3.36. The topological polar surface area (TPSA) is 66.6 Å². The summed E-state index contributed by atoms with van der Waals surface area (Å²) in [5, 5.41) is 0. The summed E-state index contributed by atoms with van der Waals surface area (Å²) in [5.74, 6) is 0. The smallest absolute Gasteiger partial charge is 0.244 e. The van der Waals surface area contributed by atoms with Gasteiger partial charge in [-0.25, -0.2) is 8.42 Å². The molecule has 0 spiro atoms. The van der Waals surface area contributed by atoms with Crippen molar-refractivity contribution in [2.24, 2.45) is 5.73 Å². The molecule has 2 N–H and O–H groups in total. The Hall–Kier alpha value is -0.470. The van der Waals surface area contributed by atoms with Crippen LogP contribution in [0.3, 0.4) is 0 Å². The molecule has 1 aromatic rings. The zero-order valence-electron chi connectivity index (χ0n) is 12.4. The van der Waals surface area contributed by atoms with Crippen LogP contribution >= 0.6 is 15.9 Å². The van der Waals surface area contributed by atoms with Crippen LogP contribution in [0.25, 0.3) is 0 Å². The first-order valence-electron chi connectivity index (χ1n) is 7.01. The van der Waals surface area contributed by atoms with E-state index in [2.05, 4.69) is 20.8 Å². The van der Waals surface area contributed by atoms with Crippen molar-refractivity contribution in [1.82, 2.24) is 9.21 Å². The Morgan fingerprint density at radius 3 is 2.76 bits per heavy atom. The first kappa shape index (κ1) is 16.9. The van der Waals surface area contributed by atoms with E-state index in [4.69, 9.17) is 5.73 Å². The molecule has 0 saturated carbocycles. The molecule has 1 atom stereocenters. The van der Waals surface area contributed by atoms with E-state index in [0.29, 0.717) is 15.9 Å². The number of nitrogens with two attached hydrogens (primary N) is 1. The number of likely N-dealkylation sites (tertiary alicyclic amines) is 1. The zero-order valence-corrected chi connectivity index (χ0v) is 14.8. The number of nitrogens with zero attached hydrogens (tertiary/aromatic N) is 2. The molecular formula is C14H22BrN3O2S. The van der Waals surface area contributed by atoms with Gasteiger partial charge in [-0.3, -0.25) is 0 Å². The number of halogens is 1. The fraction of sp³-hybridized carbons (Fsp3) is 0.571. The van der Waals surface area contributed by atoms with Crippen LogP contribution in [0.15, 0.2) is 27.6 Å². The van der Waals surface area contributed by atoms with E-state index in [1.54, 1.807) is 25.2 Å². The summed E-state index contributed by atoms with van der Waals surface area (Å²) in [4.78, 5) is 2.47. The van der Waals surface area contributed by atoms with Gasteiger partial charge in [0.15, 0.2) is 0 Å². The van der Waals surface area contributed by atoms with E-state index in [9.17, 15) is 8.42 Å². The predicted octanol–water partition coefficient (Wildman–Crippen LogP) is 1.62. The van der Waals surface area contributed by atoms with E-state index >= 15 is 0 Å². The molecule has 0 amide bonds. The van der Waals surface area contributed by atoms with Gasteiger partial charge in [-0.2, -0.15) is 4.31 Å². The summed E-state index contributed by atoms with van der Waals surface area (Å²) in [6.45, 7) is 2.19. The van der Waals surface area contributed by atoms with Crippen molar-refractivity contribution in [2.45, 2.75) is 30.3 Å². The van der Waals surface area contributed by atoms with Gasteiger partial charge in [-0.05, 0) is 60.1 Å². The fourth-order valence-corrected chi connectivity index (χ4v) is 5.13. The Labute approximate surface area is 135 Å². The number of rotatable bonds is 4. The minimum Gasteiger partial charge on any atom is -0.326 e. The molecular weight excluding hydrogens is 354 g/mol. The molecule has 5 nitrogen and oxygen atoms in total. The lowest BCUT2D eigenvalue weighted by molar-refractivity contribution is 0.187. The molecule has 118 valence electrons. The molecule has 0 aromatic heterocycles. The second kappa shape index (κ2) is 6.75. The summed E-state index contributed by atoms with van der Waals surface area (Å²) < 4.78 is 27.7. The molecule has 7 heteroatoms. The molecule has 1 saturated heterocycles. The Kier molecular flexibility index (Phi) is 5.43. The van der Waals surface area contributed by atoms with E-state index in [0.717, 1.165) is 31.5 Å². The maximum Gasteiger partial charge on any atom is 0.244 e.